The van der Waals surface area contributed by atoms with E-state index in [1.54, 1.807) is 15.4 Å². The molecule has 3 rings (SSSR count). The highest BCUT2D eigenvalue weighted by atomic mass is 16.1. The minimum Gasteiger partial charge on any atom is -0.267 e. The van der Waals surface area contributed by atoms with E-state index in [0.29, 0.717) is 11.2 Å². The second kappa shape index (κ2) is 3.59. The van der Waals surface area contributed by atoms with Gasteiger partial charge in [-0.2, -0.15) is 4.68 Å². The van der Waals surface area contributed by atoms with Gasteiger partial charge in [-0.15, -0.1) is 0 Å². The smallest absolute Gasteiger partial charge is 0.267 e. The molecule has 2 aromatic heterocycles. The standard InChI is InChI=1S/C13H11N3O/c1-10-14-12-7-3-2-6-11(12)13(17)16(10)15-8-4-5-9-15/h2-9H,1H3. The van der Waals surface area contributed by atoms with Gasteiger partial charge in [0.2, 0.25) is 0 Å². The lowest BCUT2D eigenvalue weighted by Crippen LogP contribution is -2.28. The van der Waals surface area contributed by atoms with Crippen molar-refractivity contribution in [3.63, 3.8) is 0 Å². The largest absolute Gasteiger partial charge is 0.280 e. The lowest BCUT2D eigenvalue weighted by atomic mass is 10.2. The summed E-state index contributed by atoms with van der Waals surface area (Å²) in [6.07, 6.45) is 3.65. The van der Waals surface area contributed by atoms with E-state index in [1.165, 1.54) is 0 Å². The second-order valence-electron chi connectivity index (χ2n) is 3.86. The van der Waals surface area contributed by atoms with E-state index < -0.39 is 0 Å². The number of para-hydroxylation sites is 1. The quantitative estimate of drug-likeness (QED) is 0.633. The summed E-state index contributed by atoms with van der Waals surface area (Å²) < 4.78 is 3.29. The van der Waals surface area contributed by atoms with Crippen LogP contribution in [0.15, 0.2) is 53.6 Å². The maximum absolute atomic E-state index is 12.3. The van der Waals surface area contributed by atoms with Crippen LogP contribution in [0.3, 0.4) is 0 Å². The molecule has 0 radical (unpaired) electrons. The van der Waals surface area contributed by atoms with E-state index in [0.717, 1.165) is 5.52 Å². The van der Waals surface area contributed by atoms with E-state index in [2.05, 4.69) is 4.98 Å². The summed E-state index contributed by atoms with van der Waals surface area (Å²) >= 11 is 0. The predicted octanol–water partition coefficient (Wildman–Crippen LogP) is 1.82. The van der Waals surface area contributed by atoms with Crippen LogP contribution in [0.2, 0.25) is 0 Å². The van der Waals surface area contributed by atoms with E-state index in [4.69, 9.17) is 0 Å². The molecule has 0 atom stereocenters. The van der Waals surface area contributed by atoms with E-state index in [9.17, 15) is 4.79 Å². The van der Waals surface area contributed by atoms with Crippen molar-refractivity contribution in [2.45, 2.75) is 6.92 Å². The van der Waals surface area contributed by atoms with Crippen molar-refractivity contribution in [2.75, 3.05) is 0 Å². The molecule has 0 aliphatic rings. The van der Waals surface area contributed by atoms with Crippen molar-refractivity contribution < 1.29 is 0 Å². The fourth-order valence-electron chi connectivity index (χ4n) is 1.97. The highest BCUT2D eigenvalue weighted by Crippen LogP contribution is 2.07. The zero-order chi connectivity index (χ0) is 11.8. The molecule has 0 fully saturated rings. The SMILES string of the molecule is Cc1nc2ccccc2c(=O)n1-n1cccc1. The van der Waals surface area contributed by atoms with Crippen molar-refractivity contribution in [3.05, 3.63) is 65.0 Å². The summed E-state index contributed by atoms with van der Waals surface area (Å²) in [4.78, 5) is 16.8. The van der Waals surface area contributed by atoms with Gasteiger partial charge >= 0.3 is 0 Å². The van der Waals surface area contributed by atoms with Crippen LogP contribution in [0.25, 0.3) is 10.9 Å². The first-order valence-electron chi connectivity index (χ1n) is 5.39. The van der Waals surface area contributed by atoms with E-state index in [-0.39, 0.29) is 5.56 Å². The summed E-state index contributed by atoms with van der Waals surface area (Å²) in [5, 5.41) is 0.631. The first-order valence-corrected chi connectivity index (χ1v) is 5.39. The van der Waals surface area contributed by atoms with E-state index in [1.807, 2.05) is 49.6 Å². The van der Waals surface area contributed by atoms with Crippen LogP contribution in [0.5, 0.6) is 0 Å². The van der Waals surface area contributed by atoms with Gasteiger partial charge in [-0.1, -0.05) is 12.1 Å². The molecule has 0 unspecified atom stereocenters. The number of hydrogen-bond donors (Lipinski definition) is 0. The highest BCUT2D eigenvalue weighted by Gasteiger charge is 2.07. The number of aromatic nitrogens is 3. The van der Waals surface area contributed by atoms with Gasteiger partial charge in [-0.05, 0) is 31.2 Å². The van der Waals surface area contributed by atoms with Crippen molar-refractivity contribution in [3.8, 4) is 0 Å². The zero-order valence-electron chi connectivity index (χ0n) is 9.37. The maximum atomic E-state index is 12.3. The Hall–Kier alpha value is -2.36. The third kappa shape index (κ3) is 1.45. The molecule has 0 bridgehead atoms. The summed E-state index contributed by atoms with van der Waals surface area (Å²) in [6.45, 7) is 1.83. The topological polar surface area (TPSA) is 39.8 Å². The lowest BCUT2D eigenvalue weighted by Gasteiger charge is -2.11. The first kappa shape index (κ1) is 9.84. The number of aryl methyl sites for hydroxylation is 1. The molecule has 1 aromatic carbocycles. The molecule has 4 nitrogen and oxygen atoms in total. The minimum absolute atomic E-state index is 0.0516. The fourth-order valence-corrected chi connectivity index (χ4v) is 1.97. The van der Waals surface area contributed by atoms with Gasteiger partial charge in [0.1, 0.15) is 5.82 Å². The molecule has 2 heterocycles. The molecule has 0 saturated heterocycles. The van der Waals surface area contributed by atoms with E-state index >= 15 is 0 Å². The van der Waals surface area contributed by atoms with Gasteiger partial charge in [0.25, 0.3) is 5.56 Å². The number of rotatable bonds is 1. The molecule has 0 spiro atoms. The van der Waals surface area contributed by atoms with Crippen LogP contribution < -0.4 is 5.56 Å². The van der Waals surface area contributed by atoms with Crippen LogP contribution >= 0.6 is 0 Å². The molecule has 0 aliphatic carbocycles. The van der Waals surface area contributed by atoms with Gasteiger partial charge < -0.3 is 0 Å². The Balaban J connectivity index is 2.44. The summed E-state index contributed by atoms with van der Waals surface area (Å²) in [5.41, 5.74) is 0.683. The number of nitrogens with zero attached hydrogens (tertiary/aromatic N) is 3. The zero-order valence-corrected chi connectivity index (χ0v) is 9.37. The van der Waals surface area contributed by atoms with Gasteiger partial charge in [0.15, 0.2) is 0 Å². The van der Waals surface area contributed by atoms with Crippen molar-refractivity contribution in [1.29, 1.82) is 0 Å². The van der Waals surface area contributed by atoms with Crippen LogP contribution in [-0.2, 0) is 0 Å². The number of fused-ring (bicyclic) bond motifs is 1. The molecular formula is C13H11N3O. The Kier molecular flexibility index (Phi) is 2.08. The Bertz CT molecular complexity index is 726. The highest BCUT2D eigenvalue weighted by molar-refractivity contribution is 5.77. The van der Waals surface area contributed by atoms with Crippen molar-refractivity contribution in [2.24, 2.45) is 0 Å². The molecule has 84 valence electrons. The average Bonchev–Trinajstić information content (AvgIpc) is 2.83. The molecule has 0 N–H and O–H groups in total. The van der Waals surface area contributed by atoms with Crippen LogP contribution in [-0.4, -0.2) is 14.3 Å². The van der Waals surface area contributed by atoms with Gasteiger partial charge in [0, 0.05) is 12.4 Å². The summed E-state index contributed by atoms with van der Waals surface area (Å²) in [5.74, 6) is 0.671. The predicted molar refractivity (Wildman–Crippen MR) is 66.0 cm³/mol. The number of benzene rings is 1. The van der Waals surface area contributed by atoms with Crippen LogP contribution in [0, 0.1) is 6.92 Å². The molecular weight excluding hydrogens is 214 g/mol. The minimum atomic E-state index is -0.0516. The molecule has 4 heteroatoms. The molecule has 0 amide bonds. The Morgan fingerprint density at radius 2 is 1.76 bits per heavy atom. The average molecular weight is 225 g/mol. The van der Waals surface area contributed by atoms with Crippen LogP contribution in [0.1, 0.15) is 5.82 Å². The van der Waals surface area contributed by atoms with Crippen LogP contribution in [0.4, 0.5) is 0 Å². The molecule has 0 aliphatic heterocycles. The Morgan fingerprint density at radius 1 is 1.06 bits per heavy atom. The molecule has 0 saturated carbocycles. The number of hydrogen-bond acceptors (Lipinski definition) is 2. The summed E-state index contributed by atoms with van der Waals surface area (Å²) in [6, 6.07) is 11.1. The lowest BCUT2D eigenvalue weighted by molar-refractivity contribution is 0.603. The third-order valence-corrected chi connectivity index (χ3v) is 2.74. The second-order valence-corrected chi connectivity index (χ2v) is 3.86. The van der Waals surface area contributed by atoms with Gasteiger partial charge in [-0.25, -0.2) is 4.98 Å². The third-order valence-electron chi connectivity index (χ3n) is 2.74. The first-order chi connectivity index (χ1) is 8.27. The monoisotopic (exact) mass is 225 g/mol. The van der Waals surface area contributed by atoms with Gasteiger partial charge in [0.05, 0.1) is 10.9 Å². The Labute approximate surface area is 97.7 Å². The fraction of sp³-hybridized carbons (Fsp3) is 0.0769. The summed E-state index contributed by atoms with van der Waals surface area (Å²) in [7, 11) is 0. The molecule has 17 heavy (non-hydrogen) atoms. The van der Waals surface area contributed by atoms with Gasteiger partial charge in [-0.3, -0.25) is 9.47 Å². The Morgan fingerprint density at radius 3 is 2.53 bits per heavy atom. The molecule has 3 aromatic rings. The normalized spacial score (nSPS) is 10.9. The van der Waals surface area contributed by atoms with Crippen molar-refractivity contribution in [1.82, 2.24) is 14.3 Å². The van der Waals surface area contributed by atoms with Crippen molar-refractivity contribution >= 4 is 10.9 Å². The maximum Gasteiger partial charge on any atom is 0.280 e.